The van der Waals surface area contributed by atoms with Gasteiger partial charge in [0.1, 0.15) is 18.1 Å². The van der Waals surface area contributed by atoms with Crippen LogP contribution >= 0.6 is 24.0 Å². The number of benzene rings is 2. The first kappa shape index (κ1) is 24.0. The van der Waals surface area contributed by atoms with E-state index in [0.717, 1.165) is 29.6 Å². The number of aliphatic hydroxyl groups is 1. The van der Waals surface area contributed by atoms with Gasteiger partial charge in [-0.15, -0.1) is 24.0 Å². The normalized spacial score (nSPS) is 11.9. The minimum absolute atomic E-state index is 0. The highest BCUT2D eigenvalue weighted by atomic mass is 127. The zero-order chi connectivity index (χ0) is 19.5. The van der Waals surface area contributed by atoms with Crippen LogP contribution in [0, 0.1) is 0 Å². The van der Waals surface area contributed by atoms with E-state index in [1.54, 1.807) is 7.11 Å². The van der Waals surface area contributed by atoms with Crippen molar-refractivity contribution in [3.05, 3.63) is 60.2 Å². The maximum Gasteiger partial charge on any atom is 0.193 e. The van der Waals surface area contributed by atoms with Gasteiger partial charge in [0.05, 0.1) is 26.3 Å². The first-order chi connectivity index (χ1) is 13.1. The van der Waals surface area contributed by atoms with Crippen molar-refractivity contribution in [2.45, 2.75) is 13.0 Å². The number of para-hydroxylation sites is 1. The monoisotopic (exact) mass is 499 g/mol. The van der Waals surface area contributed by atoms with Crippen LogP contribution in [0.5, 0.6) is 11.5 Å². The molecule has 0 bridgehead atoms. The molecule has 0 radical (unpaired) electrons. The van der Waals surface area contributed by atoms with Gasteiger partial charge in [0, 0.05) is 13.6 Å². The minimum atomic E-state index is -0.668. The van der Waals surface area contributed by atoms with Gasteiger partial charge in [0.15, 0.2) is 5.96 Å². The molecule has 0 saturated heterocycles. The van der Waals surface area contributed by atoms with Crippen LogP contribution in [0.25, 0.3) is 0 Å². The van der Waals surface area contributed by atoms with Crippen molar-refractivity contribution >= 4 is 29.9 Å². The number of methoxy groups -OCH3 is 1. The molecule has 6 nitrogen and oxygen atoms in total. The van der Waals surface area contributed by atoms with Crippen LogP contribution in [0.15, 0.2) is 59.6 Å². The number of rotatable bonds is 9. The van der Waals surface area contributed by atoms with Crippen LogP contribution in [0.4, 0.5) is 0 Å². The summed E-state index contributed by atoms with van der Waals surface area (Å²) < 4.78 is 10.9. The Morgan fingerprint density at radius 2 is 1.79 bits per heavy atom. The molecule has 7 heteroatoms. The molecule has 154 valence electrons. The molecular formula is C21H30IN3O3. The topological polar surface area (TPSA) is 66.3 Å². The fourth-order valence-corrected chi connectivity index (χ4v) is 2.50. The van der Waals surface area contributed by atoms with E-state index in [1.165, 1.54) is 0 Å². The lowest BCUT2D eigenvalue weighted by atomic mass is 10.1. The summed E-state index contributed by atoms with van der Waals surface area (Å²) in [5.74, 6) is 2.35. The van der Waals surface area contributed by atoms with Gasteiger partial charge in [-0.2, -0.15) is 0 Å². The van der Waals surface area contributed by atoms with E-state index < -0.39 is 6.10 Å². The third-order valence-electron chi connectivity index (χ3n) is 4.05. The lowest BCUT2D eigenvalue weighted by molar-refractivity contribution is 0.186. The summed E-state index contributed by atoms with van der Waals surface area (Å²) in [6.07, 6.45) is -0.668. The molecule has 0 aromatic heterocycles. The maximum absolute atomic E-state index is 10.4. The van der Waals surface area contributed by atoms with Gasteiger partial charge in [0.25, 0.3) is 0 Å². The summed E-state index contributed by atoms with van der Waals surface area (Å²) in [5.41, 5.74) is 0.811. The average molecular weight is 499 g/mol. The third kappa shape index (κ3) is 7.93. The number of nitrogens with zero attached hydrogens (tertiary/aromatic N) is 2. The predicted octanol–water partition coefficient (Wildman–Crippen LogP) is 3.32. The summed E-state index contributed by atoms with van der Waals surface area (Å²) >= 11 is 0. The second-order valence-corrected chi connectivity index (χ2v) is 6.07. The number of likely N-dealkylation sites (N-methyl/N-ethyl adjacent to an activating group) is 1. The molecule has 0 fully saturated rings. The zero-order valence-corrected chi connectivity index (χ0v) is 19.0. The Kier molecular flexibility index (Phi) is 11.4. The molecule has 0 amide bonds. The first-order valence-electron chi connectivity index (χ1n) is 9.13. The average Bonchev–Trinajstić information content (AvgIpc) is 2.71. The Morgan fingerprint density at radius 3 is 2.39 bits per heavy atom. The van der Waals surface area contributed by atoms with Gasteiger partial charge in [-0.05, 0) is 36.8 Å². The molecule has 0 heterocycles. The molecule has 0 spiro atoms. The van der Waals surface area contributed by atoms with E-state index in [-0.39, 0.29) is 30.5 Å². The second-order valence-electron chi connectivity index (χ2n) is 6.07. The van der Waals surface area contributed by atoms with Gasteiger partial charge < -0.3 is 24.8 Å². The number of nitrogens with one attached hydrogen (secondary N) is 1. The maximum atomic E-state index is 10.4. The summed E-state index contributed by atoms with van der Waals surface area (Å²) in [4.78, 5) is 6.55. The van der Waals surface area contributed by atoms with E-state index >= 15 is 0 Å². The second kappa shape index (κ2) is 13.2. The van der Waals surface area contributed by atoms with Crippen LogP contribution in [0.2, 0.25) is 0 Å². The Morgan fingerprint density at radius 1 is 1.11 bits per heavy atom. The number of aliphatic hydroxyl groups excluding tert-OH is 1. The van der Waals surface area contributed by atoms with E-state index in [0.29, 0.717) is 13.2 Å². The highest BCUT2D eigenvalue weighted by Crippen LogP contribution is 2.17. The Hall–Kier alpha value is -2.00. The lowest BCUT2D eigenvalue weighted by Gasteiger charge is -2.22. The van der Waals surface area contributed by atoms with E-state index in [9.17, 15) is 5.11 Å². The van der Waals surface area contributed by atoms with Crippen molar-refractivity contribution in [3.8, 4) is 11.5 Å². The summed E-state index contributed by atoms with van der Waals surface area (Å²) in [7, 11) is 3.57. The van der Waals surface area contributed by atoms with E-state index in [2.05, 4.69) is 10.3 Å². The van der Waals surface area contributed by atoms with E-state index in [4.69, 9.17) is 9.47 Å². The number of hydrogen-bond donors (Lipinski definition) is 2. The van der Waals surface area contributed by atoms with Crippen LogP contribution in [0.3, 0.4) is 0 Å². The molecule has 0 aliphatic heterocycles. The number of halogens is 1. The number of guanidine groups is 1. The van der Waals surface area contributed by atoms with Crippen LogP contribution < -0.4 is 14.8 Å². The van der Waals surface area contributed by atoms with Crippen molar-refractivity contribution in [1.29, 1.82) is 0 Å². The third-order valence-corrected chi connectivity index (χ3v) is 4.05. The molecular weight excluding hydrogens is 469 g/mol. The smallest absolute Gasteiger partial charge is 0.193 e. The minimum Gasteiger partial charge on any atom is -0.497 e. The fourth-order valence-electron chi connectivity index (χ4n) is 2.50. The van der Waals surface area contributed by atoms with Gasteiger partial charge in [0.2, 0.25) is 0 Å². The number of hydrogen-bond acceptors (Lipinski definition) is 4. The van der Waals surface area contributed by atoms with Gasteiger partial charge in [-0.3, -0.25) is 4.99 Å². The highest BCUT2D eigenvalue weighted by molar-refractivity contribution is 14.0. The van der Waals surface area contributed by atoms with E-state index in [1.807, 2.05) is 73.5 Å². The molecule has 1 atom stereocenters. The lowest BCUT2D eigenvalue weighted by Crippen LogP contribution is -2.41. The number of aliphatic imine (C=N–C) groups is 1. The quantitative estimate of drug-likeness (QED) is 0.315. The SMILES string of the molecule is CCNC(=NCC(O)c1ccc(OC)cc1)N(C)CCOc1ccccc1.I. The van der Waals surface area contributed by atoms with Crippen molar-refractivity contribution in [1.82, 2.24) is 10.2 Å². The summed E-state index contributed by atoms with van der Waals surface area (Å²) in [6, 6.07) is 17.1. The van der Waals surface area contributed by atoms with Crippen molar-refractivity contribution < 1.29 is 14.6 Å². The van der Waals surface area contributed by atoms with Crippen LogP contribution in [-0.4, -0.2) is 56.4 Å². The van der Waals surface area contributed by atoms with Crippen molar-refractivity contribution in [2.75, 3.05) is 40.4 Å². The largest absolute Gasteiger partial charge is 0.497 e. The molecule has 2 aromatic carbocycles. The molecule has 0 saturated carbocycles. The Labute approximate surface area is 184 Å². The zero-order valence-electron chi connectivity index (χ0n) is 16.7. The summed E-state index contributed by atoms with van der Waals surface area (Å²) in [5, 5.41) is 13.6. The fraction of sp³-hybridized carbons (Fsp3) is 0.381. The van der Waals surface area contributed by atoms with Gasteiger partial charge in [-0.25, -0.2) is 0 Å². The van der Waals surface area contributed by atoms with Crippen LogP contribution in [-0.2, 0) is 0 Å². The molecule has 28 heavy (non-hydrogen) atoms. The predicted molar refractivity (Wildman–Crippen MR) is 124 cm³/mol. The molecule has 2 N–H and O–H groups in total. The molecule has 2 aromatic rings. The summed E-state index contributed by atoms with van der Waals surface area (Å²) in [6.45, 7) is 4.27. The highest BCUT2D eigenvalue weighted by Gasteiger charge is 2.10. The Bertz CT molecular complexity index is 696. The Balaban J connectivity index is 0.00000392. The van der Waals surface area contributed by atoms with Crippen molar-refractivity contribution in [3.63, 3.8) is 0 Å². The molecule has 0 aliphatic rings. The number of ether oxygens (including phenoxy) is 2. The van der Waals surface area contributed by atoms with Crippen molar-refractivity contribution in [2.24, 2.45) is 4.99 Å². The molecule has 0 aliphatic carbocycles. The standard InChI is InChI=1S/C21H29N3O3.HI/c1-4-22-21(24(2)14-15-27-19-8-6-5-7-9-19)23-16-20(25)17-10-12-18(26-3)13-11-17;/h5-13,20,25H,4,14-16H2,1-3H3,(H,22,23);1H. The van der Waals surface area contributed by atoms with Gasteiger partial charge >= 0.3 is 0 Å². The van der Waals surface area contributed by atoms with Gasteiger partial charge in [-0.1, -0.05) is 30.3 Å². The molecule has 1 unspecified atom stereocenters. The van der Waals surface area contributed by atoms with Crippen LogP contribution in [0.1, 0.15) is 18.6 Å². The first-order valence-corrected chi connectivity index (χ1v) is 9.13. The molecule has 2 rings (SSSR count).